The van der Waals surface area contributed by atoms with E-state index in [9.17, 15) is 4.79 Å². The zero-order valence-corrected chi connectivity index (χ0v) is 16.7. The van der Waals surface area contributed by atoms with Crippen LogP contribution in [-0.2, 0) is 13.2 Å². The molecule has 0 aliphatic rings. The lowest BCUT2D eigenvalue weighted by atomic mass is 10.2. The molecule has 0 spiro atoms. The molecule has 0 aliphatic carbocycles. The van der Waals surface area contributed by atoms with Crippen LogP contribution < -0.4 is 10.1 Å². The van der Waals surface area contributed by atoms with Crippen molar-refractivity contribution >= 4 is 28.8 Å². The highest BCUT2D eigenvalue weighted by Crippen LogP contribution is 2.22. The molecule has 2 aromatic carbocycles. The first-order valence-corrected chi connectivity index (χ1v) is 10.1. The highest BCUT2D eigenvalue weighted by Gasteiger charge is 2.12. The quantitative estimate of drug-likeness (QED) is 0.452. The number of amides is 1. The Bertz CT molecular complexity index is 1110. The lowest BCUT2D eigenvalue weighted by molar-refractivity contribution is 0.0945. The average Bonchev–Trinajstić information content (AvgIpc) is 3.43. The van der Waals surface area contributed by atoms with E-state index in [0.29, 0.717) is 34.7 Å². The van der Waals surface area contributed by atoms with Crippen LogP contribution in [0.5, 0.6) is 5.75 Å². The summed E-state index contributed by atoms with van der Waals surface area (Å²) in [6.45, 7) is 0.458. The topological polar surface area (TPSA) is 77.3 Å². The summed E-state index contributed by atoms with van der Waals surface area (Å²) in [4.78, 5) is 17.7. The molecule has 2 aromatic heterocycles. The molecule has 0 saturated carbocycles. The van der Waals surface area contributed by atoms with E-state index >= 15 is 0 Å². The summed E-state index contributed by atoms with van der Waals surface area (Å²) < 4.78 is 11.0. The minimum Gasteiger partial charge on any atom is -0.489 e. The summed E-state index contributed by atoms with van der Waals surface area (Å²) in [6.07, 6.45) is 0. The van der Waals surface area contributed by atoms with Crippen LogP contribution in [0.3, 0.4) is 0 Å². The van der Waals surface area contributed by atoms with Crippen LogP contribution in [0.1, 0.15) is 21.8 Å². The molecule has 0 atom stereocenters. The van der Waals surface area contributed by atoms with Gasteiger partial charge in [0.05, 0.1) is 11.4 Å². The molecule has 8 heteroatoms. The Kier molecular flexibility index (Phi) is 5.88. The van der Waals surface area contributed by atoms with Gasteiger partial charge < -0.3 is 14.6 Å². The van der Waals surface area contributed by atoms with E-state index in [-0.39, 0.29) is 12.5 Å². The van der Waals surface area contributed by atoms with Crippen LogP contribution in [-0.4, -0.2) is 16.0 Å². The summed E-state index contributed by atoms with van der Waals surface area (Å²) >= 11 is 7.66. The molecule has 0 bridgehead atoms. The van der Waals surface area contributed by atoms with Gasteiger partial charge in [-0.25, -0.2) is 0 Å². The fourth-order valence-corrected chi connectivity index (χ4v) is 3.43. The number of hydrogen-bond donors (Lipinski definition) is 1. The van der Waals surface area contributed by atoms with Gasteiger partial charge in [0.25, 0.3) is 5.91 Å². The van der Waals surface area contributed by atoms with Crippen LogP contribution in [0, 0.1) is 0 Å². The molecule has 146 valence electrons. The van der Waals surface area contributed by atoms with Gasteiger partial charge in [0.15, 0.2) is 0 Å². The lowest BCUT2D eigenvalue weighted by Crippen LogP contribution is -2.22. The Labute approximate surface area is 176 Å². The molecular weight excluding hydrogens is 410 g/mol. The van der Waals surface area contributed by atoms with Crippen LogP contribution in [0.4, 0.5) is 0 Å². The Morgan fingerprint density at radius 2 is 2.03 bits per heavy atom. The number of hydrogen-bond acceptors (Lipinski definition) is 6. The predicted octanol–water partition coefficient (Wildman–Crippen LogP) is 4.96. The number of carbonyl (C=O) groups is 1. The van der Waals surface area contributed by atoms with Gasteiger partial charge in [-0.15, -0.1) is 11.3 Å². The SMILES string of the molecule is O=C(NCc1nc(-c2cccs2)no1)c1cccc(OCc2ccccc2Cl)c1. The molecule has 0 radical (unpaired) electrons. The largest absolute Gasteiger partial charge is 0.489 e. The Balaban J connectivity index is 1.35. The summed E-state index contributed by atoms with van der Waals surface area (Å²) in [5.41, 5.74) is 1.35. The first kappa shape index (κ1) is 19.2. The van der Waals surface area contributed by atoms with Gasteiger partial charge in [-0.3, -0.25) is 4.79 Å². The summed E-state index contributed by atoms with van der Waals surface area (Å²) in [5.74, 6) is 1.17. The molecule has 1 N–H and O–H groups in total. The normalized spacial score (nSPS) is 10.7. The third-order valence-corrected chi connectivity index (χ3v) is 5.29. The first-order chi connectivity index (χ1) is 14.2. The fourth-order valence-electron chi connectivity index (χ4n) is 2.59. The van der Waals surface area contributed by atoms with E-state index in [1.807, 2.05) is 41.8 Å². The molecule has 4 rings (SSSR count). The highest BCUT2D eigenvalue weighted by molar-refractivity contribution is 7.13. The number of carbonyl (C=O) groups excluding carboxylic acids is 1. The van der Waals surface area contributed by atoms with Gasteiger partial charge in [-0.1, -0.05) is 47.1 Å². The summed E-state index contributed by atoms with van der Waals surface area (Å²) in [7, 11) is 0. The van der Waals surface area contributed by atoms with Crippen molar-refractivity contribution in [2.24, 2.45) is 0 Å². The number of halogens is 1. The Morgan fingerprint density at radius 1 is 1.14 bits per heavy atom. The smallest absolute Gasteiger partial charge is 0.251 e. The zero-order chi connectivity index (χ0) is 20.1. The molecule has 0 saturated heterocycles. The minimum atomic E-state index is -0.260. The van der Waals surface area contributed by atoms with E-state index in [1.54, 1.807) is 24.3 Å². The number of nitrogens with zero attached hydrogens (tertiary/aromatic N) is 2. The van der Waals surface area contributed by atoms with E-state index in [4.69, 9.17) is 20.9 Å². The molecule has 1 amide bonds. The summed E-state index contributed by atoms with van der Waals surface area (Å²) in [5, 5.41) is 9.28. The highest BCUT2D eigenvalue weighted by atomic mass is 35.5. The lowest BCUT2D eigenvalue weighted by Gasteiger charge is -2.09. The van der Waals surface area contributed by atoms with E-state index < -0.39 is 0 Å². The molecular formula is C21H16ClN3O3S. The minimum absolute atomic E-state index is 0.141. The van der Waals surface area contributed by atoms with Crippen LogP contribution >= 0.6 is 22.9 Å². The molecule has 0 unspecified atom stereocenters. The van der Waals surface area contributed by atoms with Crippen LogP contribution in [0.15, 0.2) is 70.6 Å². The van der Waals surface area contributed by atoms with Crippen LogP contribution in [0.2, 0.25) is 5.02 Å². The maximum atomic E-state index is 12.5. The monoisotopic (exact) mass is 425 g/mol. The third-order valence-electron chi connectivity index (χ3n) is 4.06. The molecule has 2 heterocycles. The van der Waals surface area contributed by atoms with Gasteiger partial charge in [0, 0.05) is 16.1 Å². The van der Waals surface area contributed by atoms with Crippen molar-refractivity contribution in [2.45, 2.75) is 13.2 Å². The number of nitrogens with one attached hydrogen (secondary N) is 1. The Hall–Kier alpha value is -3.16. The van der Waals surface area contributed by atoms with Crippen molar-refractivity contribution in [2.75, 3.05) is 0 Å². The van der Waals surface area contributed by atoms with Crippen LogP contribution in [0.25, 0.3) is 10.7 Å². The third kappa shape index (κ3) is 4.82. The van der Waals surface area contributed by atoms with Gasteiger partial charge in [-0.05, 0) is 35.7 Å². The maximum Gasteiger partial charge on any atom is 0.251 e. The van der Waals surface area contributed by atoms with Gasteiger partial charge in [0.2, 0.25) is 11.7 Å². The average molecular weight is 426 g/mol. The fraction of sp³-hybridized carbons (Fsp3) is 0.0952. The molecule has 4 aromatic rings. The van der Waals surface area contributed by atoms with E-state index in [0.717, 1.165) is 10.4 Å². The maximum absolute atomic E-state index is 12.5. The second kappa shape index (κ2) is 8.89. The predicted molar refractivity (Wildman–Crippen MR) is 111 cm³/mol. The second-order valence-electron chi connectivity index (χ2n) is 6.08. The zero-order valence-electron chi connectivity index (χ0n) is 15.2. The number of ether oxygens (including phenoxy) is 1. The van der Waals surface area contributed by atoms with E-state index in [1.165, 1.54) is 11.3 Å². The number of aromatic nitrogens is 2. The number of benzene rings is 2. The molecule has 29 heavy (non-hydrogen) atoms. The number of rotatable bonds is 7. The van der Waals surface area contributed by atoms with Gasteiger partial charge >= 0.3 is 0 Å². The molecule has 0 fully saturated rings. The molecule has 0 aliphatic heterocycles. The standard InChI is InChI=1S/C21H16ClN3O3S/c22-17-8-2-1-5-15(17)13-27-16-7-3-6-14(11-16)21(26)23-12-19-24-20(25-28-19)18-9-4-10-29-18/h1-11H,12-13H2,(H,23,26). The number of thiophene rings is 1. The van der Waals surface area contributed by atoms with Crippen molar-refractivity contribution in [3.05, 3.63) is 88.1 Å². The first-order valence-electron chi connectivity index (χ1n) is 8.80. The van der Waals surface area contributed by atoms with E-state index in [2.05, 4.69) is 15.5 Å². The van der Waals surface area contributed by atoms with Crippen molar-refractivity contribution < 1.29 is 14.1 Å². The Morgan fingerprint density at radius 3 is 2.86 bits per heavy atom. The van der Waals surface area contributed by atoms with Crippen molar-refractivity contribution in [3.8, 4) is 16.5 Å². The van der Waals surface area contributed by atoms with Gasteiger partial charge in [0.1, 0.15) is 12.4 Å². The van der Waals surface area contributed by atoms with Crippen molar-refractivity contribution in [1.29, 1.82) is 0 Å². The van der Waals surface area contributed by atoms with Crippen molar-refractivity contribution in [3.63, 3.8) is 0 Å². The van der Waals surface area contributed by atoms with Crippen molar-refractivity contribution in [1.82, 2.24) is 15.5 Å². The second-order valence-corrected chi connectivity index (χ2v) is 7.43. The van der Waals surface area contributed by atoms with Gasteiger partial charge in [-0.2, -0.15) is 4.98 Å². The summed E-state index contributed by atoms with van der Waals surface area (Å²) in [6, 6.07) is 18.2. The molecule has 6 nitrogen and oxygen atoms in total.